The van der Waals surface area contributed by atoms with Crippen molar-refractivity contribution in [2.45, 2.75) is 31.6 Å². The third kappa shape index (κ3) is 2.78. The summed E-state index contributed by atoms with van der Waals surface area (Å²) in [6.07, 6.45) is -0.944. The number of nitrogens with zero attached hydrogens (tertiary/aromatic N) is 2. The maximum Gasteiger partial charge on any atom is 0.317 e. The van der Waals surface area contributed by atoms with E-state index in [2.05, 4.69) is 5.32 Å². The largest absolute Gasteiger partial charge is 0.485 e. The normalized spacial score (nSPS) is 22.5. The van der Waals surface area contributed by atoms with Gasteiger partial charge < -0.3 is 20.1 Å². The van der Waals surface area contributed by atoms with Gasteiger partial charge in [-0.2, -0.15) is 5.26 Å². The lowest BCUT2D eigenvalue weighted by atomic mass is 9.85. The topological polar surface area (TPSA) is 85.6 Å². The molecule has 0 aromatic heterocycles. The number of hydrogen-bond donors (Lipinski definition) is 2. The molecule has 1 unspecified atom stereocenters. The van der Waals surface area contributed by atoms with Crippen molar-refractivity contribution in [2.24, 2.45) is 0 Å². The lowest BCUT2D eigenvalue weighted by Crippen LogP contribution is -2.59. The fourth-order valence-corrected chi connectivity index (χ4v) is 2.36. The zero-order chi connectivity index (χ0) is 15.8. The van der Waals surface area contributed by atoms with Crippen LogP contribution in [0, 0.1) is 11.3 Å². The van der Waals surface area contributed by atoms with Crippen molar-refractivity contribution in [3.63, 3.8) is 0 Å². The van der Waals surface area contributed by atoms with Crippen LogP contribution in [0.1, 0.15) is 31.1 Å². The minimum Gasteiger partial charge on any atom is -0.485 e. The number of benzene rings is 1. The second-order valence-electron chi connectivity index (χ2n) is 5.84. The summed E-state index contributed by atoms with van der Waals surface area (Å²) in [7, 11) is 3.25. The molecule has 1 heterocycles. The average Bonchev–Trinajstić information content (AvgIpc) is 2.42. The third-order valence-corrected chi connectivity index (χ3v) is 3.58. The number of nitrogens with one attached hydrogen (secondary N) is 1. The van der Waals surface area contributed by atoms with Gasteiger partial charge in [-0.25, -0.2) is 4.79 Å². The van der Waals surface area contributed by atoms with Crippen LogP contribution in [0.2, 0.25) is 0 Å². The van der Waals surface area contributed by atoms with Crippen molar-refractivity contribution in [3.8, 4) is 11.8 Å². The van der Waals surface area contributed by atoms with Gasteiger partial charge in [0.1, 0.15) is 17.5 Å². The Morgan fingerprint density at radius 1 is 1.48 bits per heavy atom. The van der Waals surface area contributed by atoms with Gasteiger partial charge in [-0.3, -0.25) is 0 Å². The molecule has 21 heavy (non-hydrogen) atoms. The zero-order valence-electron chi connectivity index (χ0n) is 12.5. The van der Waals surface area contributed by atoms with Gasteiger partial charge in [0.05, 0.1) is 17.7 Å². The van der Waals surface area contributed by atoms with E-state index in [0.717, 1.165) is 0 Å². The van der Waals surface area contributed by atoms with Crippen LogP contribution in [0.4, 0.5) is 4.79 Å². The standard InChI is InChI=1S/C15H19N3O3/c1-15(2)13(17-14(20)18(3)4)12(19)10-7-9(8-16)5-6-11(10)21-15/h5-7,12-13,19H,1-4H3,(H,17,20)/t12?,13-/m0/s1. The fourth-order valence-electron chi connectivity index (χ4n) is 2.36. The average molecular weight is 289 g/mol. The minimum absolute atomic E-state index is 0.310. The summed E-state index contributed by atoms with van der Waals surface area (Å²) >= 11 is 0. The predicted octanol–water partition coefficient (Wildman–Crippen LogP) is 1.40. The molecule has 0 spiro atoms. The Labute approximate surface area is 123 Å². The van der Waals surface area contributed by atoms with Crippen molar-refractivity contribution >= 4 is 6.03 Å². The van der Waals surface area contributed by atoms with Gasteiger partial charge >= 0.3 is 6.03 Å². The van der Waals surface area contributed by atoms with Crippen LogP contribution in [-0.2, 0) is 0 Å². The van der Waals surface area contributed by atoms with Crippen LogP contribution in [0.3, 0.4) is 0 Å². The first-order valence-electron chi connectivity index (χ1n) is 6.65. The highest BCUT2D eigenvalue weighted by molar-refractivity contribution is 5.74. The van der Waals surface area contributed by atoms with Gasteiger partial charge in [0, 0.05) is 19.7 Å². The van der Waals surface area contributed by atoms with Crippen molar-refractivity contribution in [1.29, 1.82) is 5.26 Å². The summed E-state index contributed by atoms with van der Waals surface area (Å²) in [6.45, 7) is 3.61. The highest BCUT2D eigenvalue weighted by Gasteiger charge is 2.44. The second kappa shape index (κ2) is 5.26. The molecular weight excluding hydrogens is 270 g/mol. The van der Waals surface area contributed by atoms with Crippen molar-refractivity contribution in [3.05, 3.63) is 29.3 Å². The summed E-state index contributed by atoms with van der Waals surface area (Å²) in [5.74, 6) is 0.529. The molecule has 2 atom stereocenters. The lowest BCUT2D eigenvalue weighted by molar-refractivity contribution is -0.0240. The van der Waals surface area contributed by atoms with E-state index in [-0.39, 0.29) is 6.03 Å². The molecule has 1 aliphatic heterocycles. The molecule has 6 nitrogen and oxygen atoms in total. The smallest absolute Gasteiger partial charge is 0.317 e. The molecular formula is C15H19N3O3. The maximum absolute atomic E-state index is 11.9. The quantitative estimate of drug-likeness (QED) is 0.818. The first-order chi connectivity index (χ1) is 9.76. The first-order valence-corrected chi connectivity index (χ1v) is 6.65. The van der Waals surface area contributed by atoms with Crippen LogP contribution >= 0.6 is 0 Å². The molecule has 2 rings (SSSR count). The van der Waals surface area contributed by atoms with Gasteiger partial charge in [0.15, 0.2) is 0 Å². The molecule has 0 radical (unpaired) electrons. The van der Waals surface area contributed by atoms with Gasteiger partial charge in [0.25, 0.3) is 0 Å². The minimum atomic E-state index is -0.944. The number of rotatable bonds is 1. The lowest BCUT2D eigenvalue weighted by Gasteiger charge is -2.43. The van der Waals surface area contributed by atoms with Gasteiger partial charge in [-0.1, -0.05) is 0 Å². The van der Waals surface area contributed by atoms with E-state index in [1.54, 1.807) is 46.1 Å². The number of fused-ring (bicyclic) bond motifs is 1. The van der Waals surface area contributed by atoms with Gasteiger partial charge in [0.2, 0.25) is 0 Å². The van der Waals surface area contributed by atoms with Crippen LogP contribution in [0.15, 0.2) is 18.2 Å². The van der Waals surface area contributed by atoms with E-state index in [9.17, 15) is 9.90 Å². The number of aliphatic hydroxyl groups excluding tert-OH is 1. The highest BCUT2D eigenvalue weighted by atomic mass is 16.5. The predicted molar refractivity (Wildman–Crippen MR) is 76.8 cm³/mol. The van der Waals surface area contributed by atoms with Gasteiger partial charge in [-0.05, 0) is 32.0 Å². The summed E-state index contributed by atoms with van der Waals surface area (Å²) in [5.41, 5.74) is 0.179. The summed E-state index contributed by atoms with van der Waals surface area (Å²) < 4.78 is 5.88. The second-order valence-corrected chi connectivity index (χ2v) is 5.84. The van der Waals surface area contributed by atoms with E-state index in [4.69, 9.17) is 10.00 Å². The fraction of sp³-hybridized carbons (Fsp3) is 0.467. The summed E-state index contributed by atoms with van der Waals surface area (Å²) in [6, 6.07) is 6.00. The van der Waals surface area contributed by atoms with E-state index in [1.807, 2.05) is 6.07 Å². The van der Waals surface area contributed by atoms with E-state index >= 15 is 0 Å². The van der Waals surface area contributed by atoms with Crippen LogP contribution in [0.25, 0.3) is 0 Å². The summed E-state index contributed by atoms with van der Waals surface area (Å²) in [4.78, 5) is 13.3. The van der Waals surface area contributed by atoms with Crippen molar-refractivity contribution in [2.75, 3.05) is 14.1 Å². The highest BCUT2D eigenvalue weighted by Crippen LogP contribution is 2.40. The Bertz CT molecular complexity index is 605. The molecule has 112 valence electrons. The number of ether oxygens (including phenoxy) is 1. The molecule has 1 aliphatic rings. The molecule has 0 bridgehead atoms. The maximum atomic E-state index is 11.9. The molecule has 0 saturated carbocycles. The number of hydrogen-bond acceptors (Lipinski definition) is 4. The molecule has 1 aromatic rings. The van der Waals surface area contributed by atoms with Gasteiger partial charge in [-0.15, -0.1) is 0 Å². The summed E-state index contributed by atoms with van der Waals surface area (Å²) in [5, 5.41) is 22.3. The van der Waals surface area contributed by atoms with Crippen LogP contribution < -0.4 is 10.1 Å². The van der Waals surface area contributed by atoms with Crippen LogP contribution in [-0.4, -0.2) is 41.8 Å². The van der Waals surface area contributed by atoms with Crippen molar-refractivity contribution < 1.29 is 14.6 Å². The molecule has 6 heteroatoms. The monoisotopic (exact) mass is 289 g/mol. The molecule has 0 fully saturated rings. The number of carbonyl (C=O) groups excluding carboxylic acids is 1. The Morgan fingerprint density at radius 2 is 2.14 bits per heavy atom. The molecule has 1 aromatic carbocycles. The molecule has 0 saturated heterocycles. The Hall–Kier alpha value is -2.26. The van der Waals surface area contributed by atoms with E-state index in [1.165, 1.54) is 4.90 Å². The molecule has 2 amide bonds. The van der Waals surface area contributed by atoms with E-state index < -0.39 is 17.7 Å². The molecule has 2 N–H and O–H groups in total. The number of urea groups is 1. The number of nitriles is 1. The third-order valence-electron chi connectivity index (χ3n) is 3.58. The Balaban J connectivity index is 2.39. The Morgan fingerprint density at radius 3 is 2.71 bits per heavy atom. The SMILES string of the molecule is CN(C)C(=O)N[C@H]1C(O)c2cc(C#N)ccc2OC1(C)C. The first kappa shape index (κ1) is 15.1. The Kier molecular flexibility index (Phi) is 3.79. The number of aliphatic hydroxyl groups is 1. The molecule has 0 aliphatic carbocycles. The van der Waals surface area contributed by atoms with Crippen molar-refractivity contribution in [1.82, 2.24) is 10.2 Å². The zero-order valence-corrected chi connectivity index (χ0v) is 12.5. The van der Waals surface area contributed by atoms with E-state index in [0.29, 0.717) is 16.9 Å². The van der Waals surface area contributed by atoms with Crippen LogP contribution in [0.5, 0.6) is 5.75 Å². The number of amides is 2. The number of carbonyl (C=O) groups is 1.